The SMILES string of the molecule is CCCC[C@H](OC(C)=O)[C@@H](OC(C)=O)[C@H](OC(C)=O)[C@@H](C)OC(C)=O. The average Bonchev–Trinajstić information content (AvgIpc) is 2.45. The summed E-state index contributed by atoms with van der Waals surface area (Å²) in [5.41, 5.74) is 0. The first-order valence-electron chi connectivity index (χ1n) is 8.27. The minimum atomic E-state index is -1.11. The smallest absolute Gasteiger partial charge is 0.303 e. The van der Waals surface area contributed by atoms with E-state index in [9.17, 15) is 19.2 Å². The molecule has 0 aromatic heterocycles. The van der Waals surface area contributed by atoms with Gasteiger partial charge in [-0.3, -0.25) is 19.2 Å². The summed E-state index contributed by atoms with van der Waals surface area (Å²) in [5.74, 6) is -2.41. The molecule has 8 nitrogen and oxygen atoms in total. The van der Waals surface area contributed by atoms with Crippen molar-refractivity contribution in [1.29, 1.82) is 0 Å². The van der Waals surface area contributed by atoms with E-state index in [0.717, 1.165) is 6.42 Å². The fourth-order valence-electron chi connectivity index (χ4n) is 2.41. The lowest BCUT2D eigenvalue weighted by molar-refractivity contribution is -0.197. The second-order valence-electron chi connectivity index (χ2n) is 5.75. The van der Waals surface area contributed by atoms with Gasteiger partial charge in [0.2, 0.25) is 0 Å². The lowest BCUT2D eigenvalue weighted by Gasteiger charge is -2.34. The molecular weight excluding hydrogens is 332 g/mol. The Kier molecular flexibility index (Phi) is 10.5. The molecule has 0 aromatic rings. The van der Waals surface area contributed by atoms with Crippen LogP contribution < -0.4 is 0 Å². The second-order valence-corrected chi connectivity index (χ2v) is 5.75. The van der Waals surface area contributed by atoms with Gasteiger partial charge in [-0.1, -0.05) is 13.3 Å². The molecule has 8 heteroatoms. The molecule has 0 spiro atoms. The maximum Gasteiger partial charge on any atom is 0.303 e. The number of carbonyl (C=O) groups excluding carboxylic acids is 4. The Labute approximate surface area is 148 Å². The molecule has 0 aliphatic carbocycles. The van der Waals surface area contributed by atoms with Gasteiger partial charge in [-0.05, 0) is 19.8 Å². The largest absolute Gasteiger partial charge is 0.459 e. The van der Waals surface area contributed by atoms with E-state index in [-0.39, 0.29) is 0 Å². The van der Waals surface area contributed by atoms with Crippen molar-refractivity contribution in [3.8, 4) is 0 Å². The van der Waals surface area contributed by atoms with E-state index < -0.39 is 48.3 Å². The molecular formula is C17H28O8. The Morgan fingerprint density at radius 3 is 1.56 bits per heavy atom. The molecule has 0 aliphatic rings. The van der Waals surface area contributed by atoms with Gasteiger partial charge in [-0.25, -0.2) is 0 Å². The van der Waals surface area contributed by atoms with Crippen LogP contribution >= 0.6 is 0 Å². The third kappa shape index (κ3) is 9.69. The van der Waals surface area contributed by atoms with Gasteiger partial charge >= 0.3 is 23.9 Å². The van der Waals surface area contributed by atoms with Crippen LogP contribution in [0.4, 0.5) is 0 Å². The van der Waals surface area contributed by atoms with Crippen LogP contribution in [0, 0.1) is 0 Å². The number of esters is 4. The van der Waals surface area contributed by atoms with Crippen LogP contribution in [0.25, 0.3) is 0 Å². The van der Waals surface area contributed by atoms with Crippen LogP contribution in [0.2, 0.25) is 0 Å². The molecule has 144 valence electrons. The maximum atomic E-state index is 11.5. The van der Waals surface area contributed by atoms with Crippen molar-refractivity contribution in [1.82, 2.24) is 0 Å². The van der Waals surface area contributed by atoms with Crippen molar-refractivity contribution >= 4 is 23.9 Å². The summed E-state index contributed by atoms with van der Waals surface area (Å²) in [6.45, 7) is 8.29. The Bertz CT molecular complexity index is 473. The molecule has 0 amide bonds. The predicted octanol–water partition coefficient (Wildman–Crippen LogP) is 1.92. The van der Waals surface area contributed by atoms with Crippen LogP contribution in [0.1, 0.15) is 60.8 Å². The Morgan fingerprint density at radius 1 is 0.720 bits per heavy atom. The van der Waals surface area contributed by atoms with E-state index >= 15 is 0 Å². The lowest BCUT2D eigenvalue weighted by atomic mass is 9.98. The highest BCUT2D eigenvalue weighted by Crippen LogP contribution is 2.22. The molecule has 0 bridgehead atoms. The minimum Gasteiger partial charge on any atom is -0.459 e. The first kappa shape index (κ1) is 22.9. The molecule has 0 N–H and O–H groups in total. The summed E-state index contributed by atoms with van der Waals surface area (Å²) < 4.78 is 20.9. The zero-order valence-electron chi connectivity index (χ0n) is 15.7. The Morgan fingerprint density at radius 2 is 1.16 bits per heavy atom. The first-order chi connectivity index (χ1) is 11.6. The molecule has 25 heavy (non-hydrogen) atoms. The minimum absolute atomic E-state index is 0.401. The summed E-state index contributed by atoms with van der Waals surface area (Å²) in [5, 5.41) is 0. The maximum absolute atomic E-state index is 11.5. The third-order valence-electron chi connectivity index (χ3n) is 3.27. The van der Waals surface area contributed by atoms with Crippen molar-refractivity contribution in [3.05, 3.63) is 0 Å². The highest BCUT2D eigenvalue weighted by Gasteiger charge is 2.41. The van der Waals surface area contributed by atoms with Gasteiger partial charge in [0, 0.05) is 27.7 Å². The van der Waals surface area contributed by atoms with E-state index in [1.54, 1.807) is 0 Å². The molecule has 0 fully saturated rings. The number of carbonyl (C=O) groups is 4. The summed E-state index contributed by atoms with van der Waals surface area (Å²) in [6.07, 6.45) is -2.00. The standard InChI is InChI=1S/C17H28O8/c1-7-8-9-15(23-12(4)19)17(25-14(6)21)16(24-13(5)20)10(2)22-11(3)18/h10,15-17H,7-9H2,1-6H3/t10-,15+,16-,17-/m1/s1. The molecule has 0 saturated heterocycles. The quantitative estimate of drug-likeness (QED) is 0.430. The van der Waals surface area contributed by atoms with Gasteiger partial charge in [0.15, 0.2) is 12.2 Å². The highest BCUT2D eigenvalue weighted by molar-refractivity contribution is 5.69. The van der Waals surface area contributed by atoms with E-state index in [0.29, 0.717) is 12.8 Å². The molecule has 0 aliphatic heterocycles. The van der Waals surface area contributed by atoms with Crippen LogP contribution in [0.3, 0.4) is 0 Å². The van der Waals surface area contributed by atoms with Gasteiger partial charge in [0.1, 0.15) is 12.2 Å². The topological polar surface area (TPSA) is 105 Å². The summed E-state index contributed by atoms with van der Waals surface area (Å²) in [4.78, 5) is 45.7. The van der Waals surface area contributed by atoms with Gasteiger partial charge in [-0.15, -0.1) is 0 Å². The number of hydrogen-bond acceptors (Lipinski definition) is 8. The van der Waals surface area contributed by atoms with Gasteiger partial charge < -0.3 is 18.9 Å². The van der Waals surface area contributed by atoms with E-state index in [4.69, 9.17) is 18.9 Å². The zero-order chi connectivity index (χ0) is 19.6. The van der Waals surface area contributed by atoms with Crippen LogP contribution in [0.15, 0.2) is 0 Å². The molecule has 0 radical (unpaired) electrons. The Balaban J connectivity index is 5.70. The summed E-state index contributed by atoms with van der Waals surface area (Å²) in [6, 6.07) is 0. The zero-order valence-corrected chi connectivity index (χ0v) is 15.7. The fraction of sp³-hybridized carbons (Fsp3) is 0.765. The van der Waals surface area contributed by atoms with Crippen LogP contribution in [-0.4, -0.2) is 48.3 Å². The lowest BCUT2D eigenvalue weighted by Crippen LogP contribution is -2.50. The normalized spacial score (nSPS) is 15.3. The number of hydrogen-bond donors (Lipinski definition) is 0. The summed E-state index contributed by atoms with van der Waals surface area (Å²) >= 11 is 0. The number of ether oxygens (including phenoxy) is 4. The number of unbranched alkanes of at least 4 members (excludes halogenated alkanes) is 1. The highest BCUT2D eigenvalue weighted by atomic mass is 16.6. The van der Waals surface area contributed by atoms with Crippen molar-refractivity contribution in [3.63, 3.8) is 0 Å². The van der Waals surface area contributed by atoms with Crippen molar-refractivity contribution in [2.24, 2.45) is 0 Å². The summed E-state index contributed by atoms with van der Waals surface area (Å²) in [7, 11) is 0. The van der Waals surface area contributed by atoms with Crippen molar-refractivity contribution in [2.45, 2.75) is 85.2 Å². The number of rotatable bonds is 10. The predicted molar refractivity (Wildman–Crippen MR) is 87.4 cm³/mol. The van der Waals surface area contributed by atoms with Gasteiger partial charge in [-0.2, -0.15) is 0 Å². The van der Waals surface area contributed by atoms with Crippen molar-refractivity contribution in [2.75, 3.05) is 0 Å². The monoisotopic (exact) mass is 360 g/mol. The van der Waals surface area contributed by atoms with Crippen LogP contribution in [-0.2, 0) is 38.1 Å². The van der Waals surface area contributed by atoms with Gasteiger partial charge in [0.05, 0.1) is 0 Å². The van der Waals surface area contributed by atoms with E-state index in [2.05, 4.69) is 0 Å². The Hall–Kier alpha value is -2.12. The van der Waals surface area contributed by atoms with Crippen LogP contribution in [0.5, 0.6) is 0 Å². The average molecular weight is 360 g/mol. The third-order valence-corrected chi connectivity index (χ3v) is 3.27. The van der Waals surface area contributed by atoms with E-state index in [1.807, 2.05) is 6.92 Å². The van der Waals surface area contributed by atoms with E-state index in [1.165, 1.54) is 34.6 Å². The second kappa shape index (κ2) is 11.4. The van der Waals surface area contributed by atoms with Crippen molar-refractivity contribution < 1.29 is 38.1 Å². The molecule has 4 atom stereocenters. The first-order valence-corrected chi connectivity index (χ1v) is 8.27. The molecule has 0 heterocycles. The van der Waals surface area contributed by atoms with Gasteiger partial charge in [0.25, 0.3) is 0 Å². The molecule has 0 rings (SSSR count). The molecule has 0 saturated carbocycles. The fourth-order valence-corrected chi connectivity index (χ4v) is 2.41. The molecule has 0 unspecified atom stereocenters. The molecule has 0 aromatic carbocycles.